The van der Waals surface area contributed by atoms with Gasteiger partial charge < -0.3 is 15.1 Å². The summed E-state index contributed by atoms with van der Waals surface area (Å²) in [5.41, 5.74) is 0.488. The van der Waals surface area contributed by atoms with Crippen LogP contribution in [0.4, 0.5) is 0 Å². The Morgan fingerprint density at radius 2 is 1.79 bits per heavy atom. The van der Waals surface area contributed by atoms with Crippen LogP contribution in [0.3, 0.4) is 0 Å². The van der Waals surface area contributed by atoms with Crippen LogP contribution in [0.25, 0.3) is 0 Å². The zero-order valence-corrected chi connectivity index (χ0v) is 13.2. The van der Waals surface area contributed by atoms with E-state index in [-0.39, 0.29) is 0 Å². The first kappa shape index (κ1) is 15.3. The van der Waals surface area contributed by atoms with Gasteiger partial charge in [0, 0.05) is 18.1 Å². The lowest BCUT2D eigenvalue weighted by Crippen LogP contribution is -2.56. The minimum atomic E-state index is 0.488. The van der Waals surface area contributed by atoms with Crippen molar-refractivity contribution in [2.75, 3.05) is 40.8 Å². The van der Waals surface area contributed by atoms with E-state index in [1.807, 2.05) is 0 Å². The Morgan fingerprint density at radius 3 is 2.32 bits per heavy atom. The van der Waals surface area contributed by atoms with E-state index in [1.165, 1.54) is 71.0 Å². The predicted octanol–water partition coefficient (Wildman–Crippen LogP) is 2.32. The topological polar surface area (TPSA) is 18.5 Å². The Bertz CT molecular complexity index is 257. The summed E-state index contributed by atoms with van der Waals surface area (Å²) in [6.45, 7) is 3.75. The van der Waals surface area contributed by atoms with Crippen molar-refractivity contribution in [1.82, 2.24) is 15.1 Å². The third-order valence-corrected chi connectivity index (χ3v) is 5.02. The van der Waals surface area contributed by atoms with Crippen molar-refractivity contribution in [3.8, 4) is 0 Å². The molecule has 112 valence electrons. The number of rotatable bonds is 10. The molecule has 0 amide bonds. The molecule has 0 aromatic heterocycles. The summed E-state index contributed by atoms with van der Waals surface area (Å²) >= 11 is 0. The fraction of sp³-hybridized carbons (Fsp3) is 1.00. The van der Waals surface area contributed by atoms with Crippen LogP contribution in [0.15, 0.2) is 0 Å². The standard InChI is InChI=1S/C16H33N3/c1-18(2)16(10-7-11-16)14-19(3)13-6-4-5-12-17-15-8-9-15/h15,17H,4-14H2,1-3H3. The minimum absolute atomic E-state index is 0.488. The van der Waals surface area contributed by atoms with Gasteiger partial charge in [-0.3, -0.25) is 0 Å². The second kappa shape index (κ2) is 7.05. The van der Waals surface area contributed by atoms with Crippen LogP contribution >= 0.6 is 0 Å². The summed E-state index contributed by atoms with van der Waals surface area (Å²) in [5, 5.41) is 3.60. The smallest absolute Gasteiger partial charge is 0.0330 e. The summed E-state index contributed by atoms with van der Waals surface area (Å²) < 4.78 is 0. The summed E-state index contributed by atoms with van der Waals surface area (Å²) in [5.74, 6) is 0. The van der Waals surface area contributed by atoms with Gasteiger partial charge in [-0.15, -0.1) is 0 Å². The van der Waals surface area contributed by atoms with Crippen molar-refractivity contribution in [2.24, 2.45) is 0 Å². The highest BCUT2D eigenvalue weighted by atomic mass is 15.2. The summed E-state index contributed by atoms with van der Waals surface area (Å²) in [7, 11) is 6.79. The average molecular weight is 267 g/mol. The molecule has 3 heteroatoms. The third-order valence-electron chi connectivity index (χ3n) is 5.02. The zero-order chi connectivity index (χ0) is 13.7. The molecule has 3 nitrogen and oxygen atoms in total. The van der Waals surface area contributed by atoms with E-state index in [0.717, 1.165) is 6.04 Å². The number of unbranched alkanes of at least 4 members (excludes halogenated alkanes) is 2. The Labute approximate surface area is 119 Å². The van der Waals surface area contributed by atoms with Gasteiger partial charge in [-0.05, 0) is 79.2 Å². The van der Waals surface area contributed by atoms with Gasteiger partial charge in [-0.25, -0.2) is 0 Å². The largest absolute Gasteiger partial charge is 0.314 e. The van der Waals surface area contributed by atoms with E-state index in [4.69, 9.17) is 0 Å². The maximum absolute atomic E-state index is 3.60. The molecule has 0 atom stereocenters. The number of hydrogen-bond donors (Lipinski definition) is 1. The monoisotopic (exact) mass is 267 g/mol. The number of likely N-dealkylation sites (N-methyl/N-ethyl adjacent to an activating group) is 2. The Kier molecular flexibility index (Phi) is 5.67. The third kappa shape index (κ3) is 4.73. The van der Waals surface area contributed by atoms with Crippen LogP contribution in [0.5, 0.6) is 0 Å². The Hall–Kier alpha value is -0.120. The normalized spacial score (nSPS) is 21.9. The number of nitrogens with zero attached hydrogens (tertiary/aromatic N) is 2. The maximum atomic E-state index is 3.60. The molecule has 0 aromatic rings. The van der Waals surface area contributed by atoms with Gasteiger partial charge in [0.05, 0.1) is 0 Å². The highest BCUT2D eigenvalue weighted by Crippen LogP contribution is 2.36. The lowest BCUT2D eigenvalue weighted by atomic mass is 9.75. The minimum Gasteiger partial charge on any atom is -0.314 e. The Morgan fingerprint density at radius 1 is 1.05 bits per heavy atom. The molecular formula is C16H33N3. The quantitative estimate of drug-likeness (QED) is 0.613. The lowest BCUT2D eigenvalue weighted by Gasteiger charge is -2.49. The zero-order valence-electron chi connectivity index (χ0n) is 13.2. The molecule has 2 rings (SSSR count). The van der Waals surface area contributed by atoms with Gasteiger partial charge in [-0.2, -0.15) is 0 Å². The molecule has 2 aliphatic rings. The van der Waals surface area contributed by atoms with E-state index >= 15 is 0 Å². The van der Waals surface area contributed by atoms with Gasteiger partial charge in [-0.1, -0.05) is 6.42 Å². The molecule has 0 saturated heterocycles. The van der Waals surface area contributed by atoms with Crippen LogP contribution < -0.4 is 5.32 Å². The summed E-state index contributed by atoms with van der Waals surface area (Å²) in [4.78, 5) is 5.00. The van der Waals surface area contributed by atoms with Crippen molar-refractivity contribution in [3.05, 3.63) is 0 Å². The van der Waals surface area contributed by atoms with Gasteiger partial charge in [0.2, 0.25) is 0 Å². The molecule has 2 fully saturated rings. The van der Waals surface area contributed by atoms with E-state index in [1.54, 1.807) is 0 Å². The molecule has 1 N–H and O–H groups in total. The molecule has 0 bridgehead atoms. The van der Waals surface area contributed by atoms with Crippen LogP contribution in [0, 0.1) is 0 Å². The van der Waals surface area contributed by atoms with Gasteiger partial charge in [0.15, 0.2) is 0 Å². The molecule has 19 heavy (non-hydrogen) atoms. The van der Waals surface area contributed by atoms with E-state index in [9.17, 15) is 0 Å². The first-order valence-electron chi connectivity index (χ1n) is 8.22. The van der Waals surface area contributed by atoms with Crippen LogP contribution in [0.2, 0.25) is 0 Å². The van der Waals surface area contributed by atoms with Gasteiger partial charge in [0.1, 0.15) is 0 Å². The second-order valence-electron chi connectivity index (χ2n) is 7.00. The van der Waals surface area contributed by atoms with Crippen LogP contribution in [-0.4, -0.2) is 62.2 Å². The molecule has 0 radical (unpaired) electrons. The van der Waals surface area contributed by atoms with Crippen molar-refractivity contribution in [3.63, 3.8) is 0 Å². The lowest BCUT2D eigenvalue weighted by molar-refractivity contribution is 0.0275. The first-order chi connectivity index (χ1) is 9.12. The fourth-order valence-corrected chi connectivity index (χ4v) is 3.19. The molecule has 0 unspecified atom stereocenters. The first-order valence-corrected chi connectivity index (χ1v) is 8.22. The highest BCUT2D eigenvalue weighted by Gasteiger charge is 2.39. The SMILES string of the molecule is CN(CCCCCNC1CC1)CC1(N(C)C)CCC1. The van der Waals surface area contributed by atoms with Crippen molar-refractivity contribution in [2.45, 2.75) is 62.9 Å². The van der Waals surface area contributed by atoms with Crippen molar-refractivity contribution >= 4 is 0 Å². The highest BCUT2D eigenvalue weighted by molar-refractivity contribution is 4.97. The van der Waals surface area contributed by atoms with Crippen LogP contribution in [0.1, 0.15) is 51.4 Å². The predicted molar refractivity (Wildman–Crippen MR) is 82.6 cm³/mol. The van der Waals surface area contributed by atoms with Gasteiger partial charge >= 0.3 is 0 Å². The van der Waals surface area contributed by atoms with E-state index < -0.39 is 0 Å². The van der Waals surface area contributed by atoms with E-state index in [0.29, 0.717) is 5.54 Å². The molecule has 0 heterocycles. The van der Waals surface area contributed by atoms with Crippen molar-refractivity contribution in [1.29, 1.82) is 0 Å². The molecule has 2 saturated carbocycles. The molecule has 0 aliphatic heterocycles. The second-order valence-corrected chi connectivity index (χ2v) is 7.00. The summed E-state index contributed by atoms with van der Waals surface area (Å²) in [6.07, 6.45) is 11.1. The maximum Gasteiger partial charge on any atom is 0.0330 e. The van der Waals surface area contributed by atoms with E-state index in [2.05, 4.69) is 36.3 Å². The molecule has 2 aliphatic carbocycles. The van der Waals surface area contributed by atoms with Crippen molar-refractivity contribution < 1.29 is 0 Å². The molecule has 0 spiro atoms. The molecule has 0 aromatic carbocycles. The molecular weight excluding hydrogens is 234 g/mol. The van der Waals surface area contributed by atoms with Gasteiger partial charge in [0.25, 0.3) is 0 Å². The Balaban J connectivity index is 1.50. The fourth-order valence-electron chi connectivity index (χ4n) is 3.19. The number of nitrogens with one attached hydrogen (secondary N) is 1. The number of hydrogen-bond acceptors (Lipinski definition) is 3. The summed E-state index contributed by atoms with van der Waals surface area (Å²) in [6, 6.07) is 0.876. The van der Waals surface area contributed by atoms with Crippen LogP contribution in [-0.2, 0) is 0 Å². The average Bonchev–Trinajstić information content (AvgIpc) is 3.11.